The Balaban J connectivity index is 2.10. The molecule has 2 aromatic rings. The van der Waals surface area contributed by atoms with E-state index in [2.05, 4.69) is 15.5 Å². The van der Waals surface area contributed by atoms with Crippen molar-refractivity contribution in [3.63, 3.8) is 0 Å². The number of nitrogens with one attached hydrogen (secondary N) is 1. The van der Waals surface area contributed by atoms with Crippen LogP contribution in [0.5, 0.6) is 0 Å². The molecule has 0 fully saturated rings. The molecule has 0 atom stereocenters. The van der Waals surface area contributed by atoms with Crippen molar-refractivity contribution in [3.05, 3.63) is 39.7 Å². The number of halogens is 2. The summed E-state index contributed by atoms with van der Waals surface area (Å²) < 4.78 is 5.17. The molecule has 4 nitrogen and oxygen atoms in total. The molecule has 1 heterocycles. The monoisotopic (exact) mass is 257 g/mol. The molecule has 1 aromatic carbocycles. The average molecular weight is 258 g/mol. The van der Waals surface area contributed by atoms with Crippen molar-refractivity contribution in [2.24, 2.45) is 0 Å². The molecule has 0 unspecified atom stereocenters. The van der Waals surface area contributed by atoms with Gasteiger partial charge in [-0.1, -0.05) is 34.4 Å². The first-order chi connectivity index (χ1) is 7.66. The van der Waals surface area contributed by atoms with E-state index in [0.29, 0.717) is 28.5 Å². The number of aromatic nitrogens is 2. The van der Waals surface area contributed by atoms with Gasteiger partial charge in [0.2, 0.25) is 5.89 Å². The maximum absolute atomic E-state index is 6.01. The summed E-state index contributed by atoms with van der Waals surface area (Å²) in [4.78, 5) is 0. The predicted octanol–water partition coefficient (Wildman–Crippen LogP) is 3.30. The largest absolute Gasteiger partial charge is 0.408 e. The third-order valence-corrected chi connectivity index (χ3v) is 2.71. The van der Waals surface area contributed by atoms with Gasteiger partial charge in [-0.25, -0.2) is 0 Å². The quantitative estimate of drug-likeness (QED) is 0.917. The maximum atomic E-state index is 6.01. The molecule has 0 radical (unpaired) electrons. The fourth-order valence-electron chi connectivity index (χ4n) is 1.23. The molecule has 0 saturated carbocycles. The van der Waals surface area contributed by atoms with Crippen molar-refractivity contribution in [3.8, 4) is 0 Å². The van der Waals surface area contributed by atoms with Crippen LogP contribution in [0.15, 0.2) is 22.6 Å². The SMILES string of the molecule is Cc1nnc(NCc2c(Cl)cccc2Cl)o1. The van der Waals surface area contributed by atoms with Crippen LogP contribution in [0.4, 0.5) is 6.01 Å². The Morgan fingerprint density at radius 3 is 2.50 bits per heavy atom. The summed E-state index contributed by atoms with van der Waals surface area (Å²) in [5, 5.41) is 11.7. The van der Waals surface area contributed by atoms with Crippen LogP contribution >= 0.6 is 23.2 Å². The minimum atomic E-state index is 0.355. The molecule has 0 amide bonds. The van der Waals surface area contributed by atoms with Gasteiger partial charge in [0.05, 0.1) is 0 Å². The lowest BCUT2D eigenvalue weighted by Crippen LogP contribution is -2.01. The van der Waals surface area contributed by atoms with Crippen molar-refractivity contribution in [2.75, 3.05) is 5.32 Å². The van der Waals surface area contributed by atoms with Gasteiger partial charge in [0.15, 0.2) is 0 Å². The third-order valence-electron chi connectivity index (χ3n) is 2.00. The summed E-state index contributed by atoms with van der Waals surface area (Å²) in [6.45, 7) is 2.17. The van der Waals surface area contributed by atoms with Crippen LogP contribution in [0.3, 0.4) is 0 Å². The number of aryl methyl sites for hydroxylation is 1. The van der Waals surface area contributed by atoms with Gasteiger partial charge < -0.3 is 9.73 Å². The zero-order valence-corrected chi connectivity index (χ0v) is 10.0. The second-order valence-corrected chi connectivity index (χ2v) is 3.99. The highest BCUT2D eigenvalue weighted by atomic mass is 35.5. The Morgan fingerprint density at radius 1 is 1.25 bits per heavy atom. The molecular formula is C10H9Cl2N3O. The molecule has 0 bridgehead atoms. The van der Waals surface area contributed by atoms with Gasteiger partial charge >= 0.3 is 6.01 Å². The maximum Gasteiger partial charge on any atom is 0.315 e. The van der Waals surface area contributed by atoms with Crippen LogP contribution in [0.25, 0.3) is 0 Å². The summed E-state index contributed by atoms with van der Waals surface area (Å²) in [5.74, 6) is 0.507. The Hall–Kier alpha value is -1.26. The van der Waals surface area contributed by atoms with E-state index in [1.54, 1.807) is 25.1 Å². The Morgan fingerprint density at radius 2 is 1.94 bits per heavy atom. The molecular weight excluding hydrogens is 249 g/mol. The predicted molar refractivity (Wildman–Crippen MR) is 62.8 cm³/mol. The molecule has 0 aliphatic heterocycles. The summed E-state index contributed by atoms with van der Waals surface area (Å²) >= 11 is 12.0. The van der Waals surface area contributed by atoms with Gasteiger partial charge in [-0.3, -0.25) is 0 Å². The Kier molecular flexibility index (Phi) is 3.31. The summed E-state index contributed by atoms with van der Waals surface area (Å²) in [7, 11) is 0. The second-order valence-electron chi connectivity index (χ2n) is 3.18. The van der Waals surface area contributed by atoms with Crippen LogP contribution in [0.1, 0.15) is 11.5 Å². The first kappa shape index (κ1) is 11.2. The van der Waals surface area contributed by atoms with Gasteiger partial charge in [-0.15, -0.1) is 5.10 Å². The highest BCUT2D eigenvalue weighted by Crippen LogP contribution is 2.24. The third kappa shape index (κ3) is 2.46. The fraction of sp³-hybridized carbons (Fsp3) is 0.200. The molecule has 0 aliphatic rings. The lowest BCUT2D eigenvalue weighted by atomic mass is 10.2. The first-order valence-corrected chi connectivity index (χ1v) is 5.39. The zero-order valence-electron chi connectivity index (χ0n) is 8.50. The van der Waals surface area contributed by atoms with Crippen molar-refractivity contribution < 1.29 is 4.42 Å². The normalized spacial score (nSPS) is 10.4. The number of nitrogens with zero attached hydrogens (tertiary/aromatic N) is 2. The minimum Gasteiger partial charge on any atom is -0.408 e. The number of hydrogen-bond acceptors (Lipinski definition) is 4. The molecule has 0 saturated heterocycles. The van der Waals surface area contributed by atoms with E-state index < -0.39 is 0 Å². The summed E-state index contributed by atoms with van der Waals surface area (Å²) in [6.07, 6.45) is 0. The Bertz CT molecular complexity index is 478. The standard InChI is InChI=1S/C10H9Cl2N3O/c1-6-14-15-10(16-6)13-5-7-8(11)3-2-4-9(7)12/h2-4H,5H2,1H3,(H,13,15). The van der Waals surface area contributed by atoms with E-state index in [0.717, 1.165) is 5.56 Å². The topological polar surface area (TPSA) is 51.0 Å². The fourth-order valence-corrected chi connectivity index (χ4v) is 1.76. The molecule has 1 aromatic heterocycles. The van der Waals surface area contributed by atoms with E-state index in [4.69, 9.17) is 27.6 Å². The summed E-state index contributed by atoms with van der Waals surface area (Å²) in [6, 6.07) is 5.71. The van der Waals surface area contributed by atoms with Gasteiger partial charge in [-0.2, -0.15) is 0 Å². The van der Waals surface area contributed by atoms with Crippen molar-refractivity contribution in [1.29, 1.82) is 0 Å². The van der Waals surface area contributed by atoms with Crippen molar-refractivity contribution in [2.45, 2.75) is 13.5 Å². The van der Waals surface area contributed by atoms with Crippen LogP contribution < -0.4 is 5.32 Å². The lowest BCUT2D eigenvalue weighted by molar-refractivity contribution is 0.530. The zero-order chi connectivity index (χ0) is 11.5. The molecule has 84 valence electrons. The van der Waals surface area contributed by atoms with Gasteiger partial charge in [-0.05, 0) is 12.1 Å². The molecule has 2 rings (SSSR count). The van der Waals surface area contributed by atoms with Gasteiger partial charge in [0, 0.05) is 29.1 Å². The van der Waals surface area contributed by atoms with E-state index in [1.807, 2.05) is 0 Å². The number of anilines is 1. The molecule has 6 heteroatoms. The van der Waals surface area contributed by atoms with E-state index in [-0.39, 0.29) is 0 Å². The summed E-state index contributed by atoms with van der Waals surface area (Å²) in [5.41, 5.74) is 0.807. The molecule has 16 heavy (non-hydrogen) atoms. The number of benzene rings is 1. The minimum absolute atomic E-state index is 0.355. The van der Waals surface area contributed by atoms with Crippen LogP contribution in [0.2, 0.25) is 10.0 Å². The lowest BCUT2D eigenvalue weighted by Gasteiger charge is -2.06. The van der Waals surface area contributed by atoms with Crippen LogP contribution in [-0.4, -0.2) is 10.2 Å². The Labute approximate surface area is 103 Å². The van der Waals surface area contributed by atoms with E-state index >= 15 is 0 Å². The molecule has 0 aliphatic carbocycles. The molecule has 1 N–H and O–H groups in total. The van der Waals surface area contributed by atoms with Gasteiger partial charge in [0.1, 0.15) is 0 Å². The van der Waals surface area contributed by atoms with Crippen molar-refractivity contribution in [1.82, 2.24) is 10.2 Å². The highest BCUT2D eigenvalue weighted by molar-refractivity contribution is 6.36. The number of rotatable bonds is 3. The van der Waals surface area contributed by atoms with E-state index in [9.17, 15) is 0 Å². The average Bonchev–Trinajstić information content (AvgIpc) is 2.63. The smallest absolute Gasteiger partial charge is 0.315 e. The molecule has 0 spiro atoms. The highest BCUT2D eigenvalue weighted by Gasteiger charge is 2.07. The second kappa shape index (κ2) is 4.72. The first-order valence-electron chi connectivity index (χ1n) is 4.63. The van der Waals surface area contributed by atoms with Crippen LogP contribution in [0, 0.1) is 6.92 Å². The van der Waals surface area contributed by atoms with Gasteiger partial charge in [0.25, 0.3) is 0 Å². The van der Waals surface area contributed by atoms with Crippen LogP contribution in [-0.2, 0) is 6.54 Å². The van der Waals surface area contributed by atoms with Crippen molar-refractivity contribution >= 4 is 29.2 Å². The number of hydrogen-bond donors (Lipinski definition) is 1. The van der Waals surface area contributed by atoms with E-state index in [1.165, 1.54) is 0 Å².